The largest absolute Gasteiger partial charge is 0.305 e. The number of aryl methyl sites for hydroxylation is 2. The molecule has 1 heterocycles. The molecule has 4 heteroatoms. The minimum Gasteiger partial charge on any atom is -0.305 e. The van der Waals surface area contributed by atoms with E-state index >= 15 is 0 Å². The van der Waals surface area contributed by atoms with Gasteiger partial charge in [-0.25, -0.2) is 4.98 Å². The van der Waals surface area contributed by atoms with Crippen LogP contribution in [0.4, 0.5) is 0 Å². The summed E-state index contributed by atoms with van der Waals surface area (Å²) in [5.74, 6) is 0.488. The molecule has 0 amide bonds. The summed E-state index contributed by atoms with van der Waals surface area (Å²) >= 11 is 0. The van der Waals surface area contributed by atoms with E-state index in [-0.39, 0.29) is 11.5 Å². The predicted octanol–water partition coefficient (Wildman–Crippen LogP) is 2.46. The zero-order valence-corrected chi connectivity index (χ0v) is 11.6. The molecular formula is C16H18N2O2. The molecule has 3 rings (SSSR count). The number of aromatic nitrogens is 2. The molecule has 0 radical (unpaired) electrons. The molecule has 20 heavy (non-hydrogen) atoms. The topological polar surface area (TPSA) is 52.0 Å². The highest BCUT2D eigenvalue weighted by molar-refractivity contribution is 5.82. The maximum Gasteiger partial charge on any atom is 0.272 e. The van der Waals surface area contributed by atoms with Crippen molar-refractivity contribution >= 4 is 16.8 Å². The number of Topliss-reactive ketones (excluding diaryl/α,β-unsaturated/α-hetero) is 1. The van der Waals surface area contributed by atoms with Crippen LogP contribution in [0.15, 0.2) is 29.1 Å². The molecule has 1 aliphatic carbocycles. The Labute approximate surface area is 117 Å². The number of benzene rings is 1. The van der Waals surface area contributed by atoms with Crippen molar-refractivity contribution in [3.63, 3.8) is 0 Å². The van der Waals surface area contributed by atoms with E-state index in [1.807, 2.05) is 24.3 Å². The highest BCUT2D eigenvalue weighted by Crippen LogP contribution is 2.25. The summed E-state index contributed by atoms with van der Waals surface area (Å²) in [6.45, 7) is 2.34. The number of carbonyl (C=O) groups excluding carboxylic acids is 1. The van der Waals surface area contributed by atoms with Gasteiger partial charge in [0, 0.05) is 18.9 Å². The first kappa shape index (κ1) is 13.0. The molecule has 0 spiro atoms. The van der Waals surface area contributed by atoms with Crippen molar-refractivity contribution in [1.82, 2.24) is 9.55 Å². The van der Waals surface area contributed by atoms with Crippen LogP contribution in [-0.4, -0.2) is 15.3 Å². The van der Waals surface area contributed by atoms with Gasteiger partial charge in [-0.3, -0.25) is 9.59 Å². The molecule has 0 bridgehead atoms. The number of carbonyl (C=O) groups is 1. The molecule has 1 aliphatic rings. The molecule has 4 nitrogen and oxygen atoms in total. The standard InChI is InChI=1S/C16H18N2O2/c1-11-16(20)18(10-9-12-5-4-8-15(12)19)14-7-3-2-6-13(14)17-11/h2-3,6-7,12H,4-5,8-10H2,1H3. The van der Waals surface area contributed by atoms with Gasteiger partial charge in [-0.1, -0.05) is 12.1 Å². The first-order chi connectivity index (χ1) is 9.66. The number of ketones is 1. The third-order valence-corrected chi connectivity index (χ3v) is 4.15. The van der Waals surface area contributed by atoms with Gasteiger partial charge in [0.05, 0.1) is 11.0 Å². The zero-order chi connectivity index (χ0) is 14.1. The maximum atomic E-state index is 12.3. The van der Waals surface area contributed by atoms with Crippen LogP contribution in [0.1, 0.15) is 31.4 Å². The summed E-state index contributed by atoms with van der Waals surface area (Å²) in [5, 5.41) is 0. The lowest BCUT2D eigenvalue weighted by Gasteiger charge is -2.13. The highest BCUT2D eigenvalue weighted by Gasteiger charge is 2.24. The van der Waals surface area contributed by atoms with Crippen LogP contribution in [0.5, 0.6) is 0 Å². The average molecular weight is 270 g/mol. The third-order valence-electron chi connectivity index (χ3n) is 4.15. The minimum absolute atomic E-state index is 0.0471. The van der Waals surface area contributed by atoms with Crippen molar-refractivity contribution in [2.24, 2.45) is 5.92 Å². The summed E-state index contributed by atoms with van der Waals surface area (Å²) in [6.07, 6.45) is 3.42. The lowest BCUT2D eigenvalue weighted by atomic mass is 10.0. The molecule has 0 saturated heterocycles. The maximum absolute atomic E-state index is 12.3. The highest BCUT2D eigenvalue weighted by atomic mass is 16.1. The summed E-state index contributed by atoms with van der Waals surface area (Å²) in [4.78, 5) is 28.3. The van der Waals surface area contributed by atoms with Crippen molar-refractivity contribution in [1.29, 1.82) is 0 Å². The first-order valence-electron chi connectivity index (χ1n) is 7.15. The third kappa shape index (κ3) is 2.26. The Balaban J connectivity index is 1.95. The van der Waals surface area contributed by atoms with Crippen molar-refractivity contribution in [2.45, 2.75) is 39.2 Å². The Kier molecular flexibility index (Phi) is 3.38. The Bertz CT molecular complexity index is 718. The van der Waals surface area contributed by atoms with Crippen LogP contribution in [0.2, 0.25) is 0 Å². The SMILES string of the molecule is Cc1nc2ccccc2n(CCC2CCCC2=O)c1=O. The fourth-order valence-electron chi connectivity index (χ4n) is 3.02. The number of nitrogens with zero attached hydrogens (tertiary/aromatic N) is 2. The van der Waals surface area contributed by atoms with Crippen LogP contribution in [0, 0.1) is 12.8 Å². The van der Waals surface area contributed by atoms with Crippen LogP contribution in [0.25, 0.3) is 11.0 Å². The fraction of sp³-hybridized carbons (Fsp3) is 0.438. The molecule has 2 aromatic rings. The van der Waals surface area contributed by atoms with Gasteiger partial charge >= 0.3 is 0 Å². The smallest absolute Gasteiger partial charge is 0.272 e. The molecule has 1 atom stereocenters. The molecule has 1 aromatic heterocycles. The second-order valence-electron chi connectivity index (χ2n) is 5.49. The van der Waals surface area contributed by atoms with Crippen molar-refractivity contribution in [3.05, 3.63) is 40.3 Å². The monoisotopic (exact) mass is 270 g/mol. The normalized spacial score (nSPS) is 18.9. The van der Waals surface area contributed by atoms with E-state index in [4.69, 9.17) is 0 Å². The molecule has 1 saturated carbocycles. The minimum atomic E-state index is -0.0471. The quantitative estimate of drug-likeness (QED) is 0.861. The van der Waals surface area contributed by atoms with E-state index in [1.165, 1.54) is 0 Å². The first-order valence-corrected chi connectivity index (χ1v) is 7.15. The number of fused-ring (bicyclic) bond motifs is 1. The van der Waals surface area contributed by atoms with Crippen molar-refractivity contribution < 1.29 is 4.79 Å². The van der Waals surface area contributed by atoms with E-state index < -0.39 is 0 Å². The fourth-order valence-corrected chi connectivity index (χ4v) is 3.02. The average Bonchev–Trinajstić information content (AvgIpc) is 2.85. The molecule has 104 valence electrons. The van der Waals surface area contributed by atoms with E-state index in [0.29, 0.717) is 24.4 Å². The number of rotatable bonds is 3. The summed E-state index contributed by atoms with van der Waals surface area (Å²) in [7, 11) is 0. The van der Waals surface area contributed by atoms with E-state index in [1.54, 1.807) is 11.5 Å². The molecule has 1 aromatic carbocycles. The molecular weight excluding hydrogens is 252 g/mol. The van der Waals surface area contributed by atoms with Gasteiger partial charge in [0.1, 0.15) is 11.5 Å². The van der Waals surface area contributed by atoms with Gasteiger partial charge in [-0.2, -0.15) is 0 Å². The van der Waals surface area contributed by atoms with E-state index in [9.17, 15) is 9.59 Å². The van der Waals surface area contributed by atoms with Crippen molar-refractivity contribution in [2.75, 3.05) is 0 Å². The van der Waals surface area contributed by atoms with E-state index in [2.05, 4.69) is 4.98 Å². The van der Waals surface area contributed by atoms with Crippen molar-refractivity contribution in [3.8, 4) is 0 Å². The zero-order valence-electron chi connectivity index (χ0n) is 11.6. The van der Waals surface area contributed by atoms with Crippen LogP contribution >= 0.6 is 0 Å². The van der Waals surface area contributed by atoms with Gasteiger partial charge in [-0.05, 0) is 38.3 Å². The van der Waals surface area contributed by atoms with Gasteiger partial charge in [0.25, 0.3) is 5.56 Å². The van der Waals surface area contributed by atoms with Crippen LogP contribution < -0.4 is 5.56 Å². The number of hydrogen-bond acceptors (Lipinski definition) is 3. The Morgan fingerprint density at radius 1 is 1.30 bits per heavy atom. The lowest BCUT2D eigenvalue weighted by Crippen LogP contribution is -2.25. The predicted molar refractivity (Wildman–Crippen MR) is 77.7 cm³/mol. The van der Waals surface area contributed by atoms with Gasteiger partial charge in [0.2, 0.25) is 0 Å². The molecule has 1 unspecified atom stereocenters. The Morgan fingerprint density at radius 3 is 2.85 bits per heavy atom. The lowest BCUT2D eigenvalue weighted by molar-refractivity contribution is -0.120. The van der Waals surface area contributed by atoms with Crippen LogP contribution in [0.3, 0.4) is 0 Å². The van der Waals surface area contributed by atoms with Gasteiger partial charge in [-0.15, -0.1) is 0 Å². The second kappa shape index (κ2) is 5.19. The summed E-state index contributed by atoms with van der Waals surface area (Å²) in [5.41, 5.74) is 2.16. The number of hydrogen-bond donors (Lipinski definition) is 0. The van der Waals surface area contributed by atoms with Crippen LogP contribution in [-0.2, 0) is 11.3 Å². The number of para-hydroxylation sites is 2. The second-order valence-corrected chi connectivity index (χ2v) is 5.49. The summed E-state index contributed by atoms with van der Waals surface area (Å²) < 4.78 is 1.77. The Morgan fingerprint density at radius 2 is 2.10 bits per heavy atom. The molecule has 0 aliphatic heterocycles. The van der Waals surface area contributed by atoms with Gasteiger partial charge < -0.3 is 4.57 Å². The Hall–Kier alpha value is -1.97. The van der Waals surface area contributed by atoms with Gasteiger partial charge in [0.15, 0.2) is 0 Å². The van der Waals surface area contributed by atoms with E-state index in [0.717, 1.165) is 30.3 Å². The molecule has 0 N–H and O–H groups in total. The summed E-state index contributed by atoms with van der Waals surface area (Å²) in [6, 6.07) is 7.67. The molecule has 1 fully saturated rings.